The molecule has 0 radical (unpaired) electrons. The summed E-state index contributed by atoms with van der Waals surface area (Å²) in [7, 11) is 0. The van der Waals surface area contributed by atoms with Crippen LogP contribution in [0, 0.1) is 0 Å². The normalized spacial score (nSPS) is 22.0. The van der Waals surface area contributed by atoms with Crippen LogP contribution in [0.5, 0.6) is 0 Å². The van der Waals surface area contributed by atoms with Crippen LogP contribution in [-0.2, 0) is 11.2 Å². The van der Waals surface area contributed by atoms with Crippen LogP contribution in [0.15, 0.2) is 23.4 Å². The largest absolute Gasteiger partial charge is 0.381 e. The lowest BCUT2D eigenvalue weighted by molar-refractivity contribution is 0.0631. The Kier molecular flexibility index (Phi) is 4.07. The molecule has 1 saturated heterocycles. The number of hydrogen-bond acceptors (Lipinski definition) is 5. The Hall–Kier alpha value is -1.11. The number of aryl methyl sites for hydroxylation is 1. The first-order chi connectivity index (χ1) is 10.8. The summed E-state index contributed by atoms with van der Waals surface area (Å²) in [5, 5.41) is 14.4. The third-order valence-electron chi connectivity index (χ3n) is 4.38. The second-order valence-electron chi connectivity index (χ2n) is 5.74. The van der Waals surface area contributed by atoms with Gasteiger partial charge in [-0.2, -0.15) is 0 Å². The molecule has 1 aliphatic carbocycles. The lowest BCUT2D eigenvalue weighted by atomic mass is 10.1. The molecular formula is C15H17ClN4OS. The summed E-state index contributed by atoms with van der Waals surface area (Å²) in [5.74, 6) is 0. The van der Waals surface area contributed by atoms with E-state index in [0.29, 0.717) is 11.3 Å². The Morgan fingerprint density at radius 3 is 2.95 bits per heavy atom. The van der Waals surface area contributed by atoms with Gasteiger partial charge in [0.05, 0.1) is 6.04 Å². The average molecular weight is 337 g/mol. The smallest absolute Gasteiger partial charge is 0.210 e. The van der Waals surface area contributed by atoms with Crippen LogP contribution in [0.4, 0.5) is 0 Å². The average Bonchev–Trinajstić information content (AvgIpc) is 3.16. The van der Waals surface area contributed by atoms with Crippen molar-refractivity contribution in [3.8, 4) is 0 Å². The summed E-state index contributed by atoms with van der Waals surface area (Å²) < 4.78 is 7.41. The monoisotopic (exact) mass is 336 g/mol. The van der Waals surface area contributed by atoms with E-state index < -0.39 is 0 Å². The number of nitrogens with zero attached hydrogens (tertiary/aromatic N) is 4. The number of hydrogen-bond donors (Lipinski definition) is 0. The second-order valence-corrected chi connectivity index (χ2v) is 7.34. The number of aromatic nitrogens is 4. The van der Waals surface area contributed by atoms with Gasteiger partial charge in [0.1, 0.15) is 0 Å². The molecule has 7 heteroatoms. The summed E-state index contributed by atoms with van der Waals surface area (Å²) in [5.41, 5.74) is 2.73. The summed E-state index contributed by atoms with van der Waals surface area (Å²) in [6.45, 7) is 1.58. The molecule has 2 aliphatic rings. The Labute approximate surface area is 138 Å². The van der Waals surface area contributed by atoms with E-state index in [-0.39, 0.29) is 0 Å². The van der Waals surface area contributed by atoms with Crippen molar-refractivity contribution >= 4 is 23.4 Å². The quantitative estimate of drug-likeness (QED) is 0.859. The highest BCUT2D eigenvalue weighted by atomic mass is 35.5. The van der Waals surface area contributed by atoms with Crippen LogP contribution in [0.1, 0.15) is 41.7 Å². The summed E-state index contributed by atoms with van der Waals surface area (Å²) in [6.07, 6.45) is 4.17. The molecule has 1 atom stereocenters. The van der Waals surface area contributed by atoms with Crippen molar-refractivity contribution in [2.24, 2.45) is 0 Å². The maximum Gasteiger partial charge on any atom is 0.210 e. The Bertz CT molecular complexity index is 671. The van der Waals surface area contributed by atoms with Gasteiger partial charge in [0.15, 0.2) is 0 Å². The summed E-state index contributed by atoms with van der Waals surface area (Å²) in [4.78, 5) is 0. The summed E-state index contributed by atoms with van der Waals surface area (Å²) in [6, 6.07) is 6.55. The lowest BCUT2D eigenvalue weighted by Gasteiger charge is -2.23. The van der Waals surface area contributed by atoms with Crippen molar-refractivity contribution in [1.29, 1.82) is 0 Å². The SMILES string of the molecule is Clc1ccc2c(c1)C(Sc1nnnn1C1CCOCC1)CC2. The molecular weight excluding hydrogens is 320 g/mol. The van der Waals surface area contributed by atoms with Gasteiger partial charge < -0.3 is 4.74 Å². The fourth-order valence-corrected chi connectivity index (χ4v) is 4.60. The van der Waals surface area contributed by atoms with E-state index in [9.17, 15) is 0 Å². The molecule has 5 nitrogen and oxygen atoms in total. The number of rotatable bonds is 3. The number of tetrazole rings is 1. The van der Waals surface area contributed by atoms with Crippen molar-refractivity contribution < 1.29 is 4.74 Å². The van der Waals surface area contributed by atoms with Gasteiger partial charge in [-0.1, -0.05) is 29.4 Å². The standard InChI is InChI=1S/C15H17ClN4OS/c16-11-3-1-10-2-4-14(13(10)9-11)22-15-17-18-19-20(15)12-5-7-21-8-6-12/h1,3,9,12,14H,2,4-8H2. The third-order valence-corrected chi connectivity index (χ3v) is 5.87. The molecule has 1 aromatic heterocycles. The van der Waals surface area contributed by atoms with Crippen LogP contribution in [0.25, 0.3) is 0 Å². The van der Waals surface area contributed by atoms with Gasteiger partial charge in [0.25, 0.3) is 0 Å². The van der Waals surface area contributed by atoms with Crippen molar-refractivity contribution in [2.75, 3.05) is 13.2 Å². The van der Waals surface area contributed by atoms with Crippen LogP contribution in [-0.4, -0.2) is 33.4 Å². The van der Waals surface area contributed by atoms with Crippen LogP contribution in [0.2, 0.25) is 5.02 Å². The van der Waals surface area contributed by atoms with Crippen molar-refractivity contribution in [3.63, 3.8) is 0 Å². The Morgan fingerprint density at radius 2 is 2.09 bits per heavy atom. The first kappa shape index (κ1) is 14.5. The maximum atomic E-state index is 6.15. The molecule has 1 unspecified atom stereocenters. The van der Waals surface area contributed by atoms with Crippen LogP contribution < -0.4 is 0 Å². The van der Waals surface area contributed by atoms with Crippen LogP contribution in [0.3, 0.4) is 0 Å². The Morgan fingerprint density at radius 1 is 1.23 bits per heavy atom. The van der Waals surface area contributed by atoms with Gasteiger partial charge in [0, 0.05) is 23.5 Å². The number of benzene rings is 1. The van der Waals surface area contributed by atoms with Crippen molar-refractivity contribution in [2.45, 2.75) is 42.1 Å². The molecule has 0 bridgehead atoms. The molecule has 1 fully saturated rings. The second kappa shape index (κ2) is 6.18. The predicted molar refractivity (Wildman–Crippen MR) is 85.3 cm³/mol. The molecule has 0 spiro atoms. The highest BCUT2D eigenvalue weighted by Crippen LogP contribution is 2.45. The molecule has 2 heterocycles. The fourth-order valence-electron chi connectivity index (χ4n) is 3.21. The van der Waals surface area contributed by atoms with Crippen molar-refractivity contribution in [1.82, 2.24) is 20.2 Å². The molecule has 116 valence electrons. The zero-order valence-electron chi connectivity index (χ0n) is 12.1. The van der Waals surface area contributed by atoms with Gasteiger partial charge >= 0.3 is 0 Å². The summed E-state index contributed by atoms with van der Waals surface area (Å²) >= 11 is 7.91. The van der Waals surface area contributed by atoms with E-state index in [0.717, 1.165) is 49.1 Å². The Balaban J connectivity index is 1.56. The van der Waals surface area contributed by atoms with E-state index >= 15 is 0 Å². The van der Waals surface area contributed by atoms with E-state index in [1.165, 1.54) is 11.1 Å². The number of thioether (sulfide) groups is 1. The van der Waals surface area contributed by atoms with Crippen LogP contribution >= 0.6 is 23.4 Å². The molecule has 1 aromatic carbocycles. The van der Waals surface area contributed by atoms with Gasteiger partial charge in [-0.25, -0.2) is 4.68 Å². The minimum Gasteiger partial charge on any atom is -0.381 e. The minimum absolute atomic E-state index is 0.353. The zero-order valence-corrected chi connectivity index (χ0v) is 13.7. The van der Waals surface area contributed by atoms with E-state index in [1.54, 1.807) is 11.8 Å². The van der Waals surface area contributed by atoms with E-state index in [1.807, 2.05) is 10.7 Å². The highest BCUT2D eigenvalue weighted by molar-refractivity contribution is 7.99. The number of halogens is 1. The number of fused-ring (bicyclic) bond motifs is 1. The van der Waals surface area contributed by atoms with E-state index in [2.05, 4.69) is 27.7 Å². The predicted octanol–water partition coefficient (Wildman–Crippen LogP) is 3.46. The fraction of sp³-hybridized carbons (Fsp3) is 0.533. The van der Waals surface area contributed by atoms with Gasteiger partial charge in [-0.05, 0) is 59.4 Å². The van der Waals surface area contributed by atoms with Gasteiger partial charge in [-0.3, -0.25) is 0 Å². The molecule has 0 amide bonds. The number of ether oxygens (including phenoxy) is 1. The maximum absolute atomic E-state index is 6.15. The lowest BCUT2D eigenvalue weighted by Crippen LogP contribution is -2.21. The third kappa shape index (κ3) is 2.75. The molecule has 4 rings (SSSR count). The first-order valence-corrected chi connectivity index (χ1v) is 8.87. The highest BCUT2D eigenvalue weighted by Gasteiger charge is 2.27. The molecule has 2 aromatic rings. The van der Waals surface area contributed by atoms with Gasteiger partial charge in [-0.15, -0.1) is 5.10 Å². The topological polar surface area (TPSA) is 52.8 Å². The van der Waals surface area contributed by atoms with Gasteiger partial charge in [0.2, 0.25) is 5.16 Å². The molecule has 1 aliphatic heterocycles. The van der Waals surface area contributed by atoms with E-state index in [4.69, 9.17) is 16.3 Å². The molecule has 0 N–H and O–H groups in total. The van der Waals surface area contributed by atoms with Crippen molar-refractivity contribution in [3.05, 3.63) is 34.3 Å². The first-order valence-electron chi connectivity index (χ1n) is 7.62. The molecule has 0 saturated carbocycles. The minimum atomic E-state index is 0.353. The zero-order chi connectivity index (χ0) is 14.9. The molecule has 22 heavy (non-hydrogen) atoms.